The molecule has 3 heteroatoms. The molecular weight excluding hydrogens is 260 g/mol. The van der Waals surface area contributed by atoms with E-state index in [1.54, 1.807) is 0 Å². The average Bonchev–Trinajstić information content (AvgIpc) is 2.94. The summed E-state index contributed by atoms with van der Waals surface area (Å²) in [6, 6.07) is 16.7. The van der Waals surface area contributed by atoms with Gasteiger partial charge in [0.1, 0.15) is 5.75 Å². The molecule has 0 spiro atoms. The summed E-state index contributed by atoms with van der Waals surface area (Å²) < 4.78 is 5.80. The van der Waals surface area contributed by atoms with Crippen LogP contribution in [0.25, 0.3) is 0 Å². The Labute approximate surface area is 126 Å². The molecule has 0 saturated heterocycles. The molecule has 0 atom stereocenters. The Bertz CT molecular complexity index is 572. The minimum atomic E-state index is 0.559. The number of ether oxygens (including phenoxy) is 1. The number of hydrogen-bond donors (Lipinski definition) is 1. The molecule has 21 heavy (non-hydrogen) atoms. The van der Waals surface area contributed by atoms with E-state index in [2.05, 4.69) is 29.2 Å². The molecule has 1 aliphatic heterocycles. The van der Waals surface area contributed by atoms with Crippen molar-refractivity contribution < 1.29 is 4.74 Å². The van der Waals surface area contributed by atoms with Crippen molar-refractivity contribution in [2.75, 3.05) is 13.2 Å². The van der Waals surface area contributed by atoms with E-state index >= 15 is 0 Å². The summed E-state index contributed by atoms with van der Waals surface area (Å²) in [4.78, 5) is 2.48. The SMILES string of the molecule is NCc1cccc(OCCCN2Cc3ccccc3C2)c1. The van der Waals surface area contributed by atoms with E-state index in [9.17, 15) is 0 Å². The molecule has 0 fully saturated rings. The molecule has 3 rings (SSSR count). The molecule has 2 N–H and O–H groups in total. The van der Waals surface area contributed by atoms with Crippen LogP contribution in [-0.4, -0.2) is 18.1 Å². The quantitative estimate of drug-likeness (QED) is 0.828. The lowest BCUT2D eigenvalue weighted by molar-refractivity contribution is 0.238. The first-order valence-corrected chi connectivity index (χ1v) is 7.56. The third-order valence-electron chi connectivity index (χ3n) is 3.93. The van der Waals surface area contributed by atoms with Crippen molar-refractivity contribution in [1.82, 2.24) is 4.90 Å². The molecule has 3 nitrogen and oxygen atoms in total. The van der Waals surface area contributed by atoms with Gasteiger partial charge in [0.15, 0.2) is 0 Å². The van der Waals surface area contributed by atoms with Crippen LogP contribution < -0.4 is 10.5 Å². The van der Waals surface area contributed by atoms with Gasteiger partial charge in [0, 0.05) is 26.2 Å². The predicted octanol–water partition coefficient (Wildman–Crippen LogP) is 2.93. The Morgan fingerprint density at radius 3 is 2.48 bits per heavy atom. The van der Waals surface area contributed by atoms with E-state index in [1.807, 2.05) is 24.3 Å². The van der Waals surface area contributed by atoms with Gasteiger partial charge in [-0.1, -0.05) is 36.4 Å². The Kier molecular flexibility index (Phi) is 4.53. The van der Waals surface area contributed by atoms with E-state index in [-0.39, 0.29) is 0 Å². The van der Waals surface area contributed by atoms with Crippen LogP contribution in [0.15, 0.2) is 48.5 Å². The van der Waals surface area contributed by atoms with E-state index in [0.29, 0.717) is 6.54 Å². The van der Waals surface area contributed by atoms with Gasteiger partial charge >= 0.3 is 0 Å². The Morgan fingerprint density at radius 1 is 1.00 bits per heavy atom. The van der Waals surface area contributed by atoms with Crippen molar-refractivity contribution in [3.05, 3.63) is 65.2 Å². The second-order valence-electron chi connectivity index (χ2n) is 5.53. The lowest BCUT2D eigenvalue weighted by Gasteiger charge is -2.15. The van der Waals surface area contributed by atoms with Gasteiger partial charge < -0.3 is 10.5 Å². The second kappa shape index (κ2) is 6.74. The lowest BCUT2D eigenvalue weighted by atomic mass is 10.1. The van der Waals surface area contributed by atoms with Gasteiger partial charge in [-0.05, 0) is 35.2 Å². The lowest BCUT2D eigenvalue weighted by Crippen LogP contribution is -2.19. The number of benzene rings is 2. The number of nitrogens with zero attached hydrogens (tertiary/aromatic N) is 1. The zero-order valence-corrected chi connectivity index (χ0v) is 12.3. The van der Waals surface area contributed by atoms with Crippen LogP contribution in [0.3, 0.4) is 0 Å². The van der Waals surface area contributed by atoms with Crippen molar-refractivity contribution in [1.29, 1.82) is 0 Å². The fourth-order valence-electron chi connectivity index (χ4n) is 2.80. The second-order valence-corrected chi connectivity index (χ2v) is 5.53. The van der Waals surface area contributed by atoms with Crippen molar-refractivity contribution in [3.8, 4) is 5.75 Å². The molecule has 0 unspecified atom stereocenters. The molecule has 0 amide bonds. The molecule has 0 aliphatic carbocycles. The summed E-state index contributed by atoms with van der Waals surface area (Å²) in [5.74, 6) is 0.919. The smallest absolute Gasteiger partial charge is 0.119 e. The van der Waals surface area contributed by atoms with Crippen LogP contribution in [0.2, 0.25) is 0 Å². The first kappa shape index (κ1) is 14.1. The van der Waals surface area contributed by atoms with Gasteiger partial charge in [-0.2, -0.15) is 0 Å². The van der Waals surface area contributed by atoms with Crippen LogP contribution in [0, 0.1) is 0 Å². The minimum absolute atomic E-state index is 0.559. The molecule has 1 heterocycles. The third kappa shape index (κ3) is 3.63. The fourth-order valence-corrected chi connectivity index (χ4v) is 2.80. The van der Waals surface area contributed by atoms with E-state index in [0.717, 1.165) is 44.0 Å². The monoisotopic (exact) mass is 282 g/mol. The largest absolute Gasteiger partial charge is 0.494 e. The Hall–Kier alpha value is -1.84. The maximum Gasteiger partial charge on any atom is 0.119 e. The molecule has 2 aromatic rings. The average molecular weight is 282 g/mol. The van der Waals surface area contributed by atoms with Gasteiger partial charge in [0.05, 0.1) is 6.61 Å². The molecule has 0 bridgehead atoms. The van der Waals surface area contributed by atoms with Crippen molar-refractivity contribution in [3.63, 3.8) is 0 Å². The third-order valence-corrected chi connectivity index (χ3v) is 3.93. The van der Waals surface area contributed by atoms with Gasteiger partial charge in [-0.25, -0.2) is 0 Å². The minimum Gasteiger partial charge on any atom is -0.494 e. The van der Waals surface area contributed by atoms with Gasteiger partial charge in [-0.15, -0.1) is 0 Å². The zero-order valence-electron chi connectivity index (χ0n) is 12.3. The normalized spacial score (nSPS) is 14.1. The van der Waals surface area contributed by atoms with Crippen LogP contribution in [0.4, 0.5) is 0 Å². The van der Waals surface area contributed by atoms with Crippen molar-refractivity contribution in [2.24, 2.45) is 5.73 Å². The van der Waals surface area contributed by atoms with Crippen molar-refractivity contribution >= 4 is 0 Å². The maximum absolute atomic E-state index is 5.80. The highest BCUT2D eigenvalue weighted by Crippen LogP contribution is 2.22. The first-order valence-electron chi connectivity index (χ1n) is 7.56. The molecular formula is C18H22N2O. The summed E-state index contributed by atoms with van der Waals surface area (Å²) in [6.07, 6.45) is 1.04. The summed E-state index contributed by atoms with van der Waals surface area (Å²) in [5.41, 5.74) is 9.68. The van der Waals surface area contributed by atoms with Crippen LogP contribution >= 0.6 is 0 Å². The standard InChI is InChI=1S/C18H22N2O/c19-12-15-5-3-8-18(11-15)21-10-4-9-20-13-16-6-1-2-7-17(16)14-20/h1-3,5-8,11H,4,9-10,12-14,19H2. The zero-order chi connectivity index (χ0) is 14.5. The Balaban J connectivity index is 1.41. The molecule has 0 aromatic heterocycles. The summed E-state index contributed by atoms with van der Waals surface area (Å²) >= 11 is 0. The van der Waals surface area contributed by atoms with E-state index in [1.165, 1.54) is 11.1 Å². The molecule has 1 aliphatic rings. The molecule has 0 radical (unpaired) electrons. The van der Waals surface area contributed by atoms with Gasteiger partial charge in [0.2, 0.25) is 0 Å². The highest BCUT2D eigenvalue weighted by molar-refractivity contribution is 5.30. The van der Waals surface area contributed by atoms with Crippen LogP contribution in [-0.2, 0) is 19.6 Å². The van der Waals surface area contributed by atoms with Gasteiger partial charge in [-0.3, -0.25) is 4.90 Å². The Morgan fingerprint density at radius 2 is 1.76 bits per heavy atom. The van der Waals surface area contributed by atoms with Gasteiger partial charge in [0.25, 0.3) is 0 Å². The molecule has 0 saturated carbocycles. The fraction of sp³-hybridized carbons (Fsp3) is 0.333. The van der Waals surface area contributed by atoms with Crippen LogP contribution in [0.1, 0.15) is 23.1 Å². The summed E-state index contributed by atoms with van der Waals surface area (Å²) in [5, 5.41) is 0. The summed E-state index contributed by atoms with van der Waals surface area (Å²) in [6.45, 7) is 4.52. The molecule has 2 aromatic carbocycles. The first-order chi connectivity index (χ1) is 10.3. The topological polar surface area (TPSA) is 38.5 Å². The number of hydrogen-bond acceptors (Lipinski definition) is 3. The van der Waals surface area contributed by atoms with Crippen LogP contribution in [0.5, 0.6) is 5.75 Å². The maximum atomic E-state index is 5.80. The predicted molar refractivity (Wildman–Crippen MR) is 85.0 cm³/mol. The number of rotatable bonds is 6. The highest BCUT2D eigenvalue weighted by Gasteiger charge is 2.17. The molecule has 110 valence electrons. The number of nitrogens with two attached hydrogens (primary N) is 1. The number of fused-ring (bicyclic) bond motifs is 1. The van der Waals surface area contributed by atoms with E-state index < -0.39 is 0 Å². The highest BCUT2D eigenvalue weighted by atomic mass is 16.5. The summed E-state index contributed by atoms with van der Waals surface area (Å²) in [7, 11) is 0. The van der Waals surface area contributed by atoms with E-state index in [4.69, 9.17) is 10.5 Å². The van der Waals surface area contributed by atoms with Crippen molar-refractivity contribution in [2.45, 2.75) is 26.1 Å².